The second-order valence-electron chi connectivity index (χ2n) is 10.9. The van der Waals surface area contributed by atoms with Crippen LogP contribution >= 0.6 is 0 Å². The summed E-state index contributed by atoms with van der Waals surface area (Å²) in [5.41, 5.74) is 7.42. The van der Waals surface area contributed by atoms with Crippen LogP contribution in [0.5, 0.6) is 0 Å². The molecule has 0 aliphatic heterocycles. The monoisotopic (exact) mass is 598 g/mol. The number of esters is 1. The van der Waals surface area contributed by atoms with Crippen molar-refractivity contribution < 1.29 is 9.53 Å². The molecule has 0 fully saturated rings. The van der Waals surface area contributed by atoms with Gasteiger partial charge in [-0.3, -0.25) is 0 Å². The van der Waals surface area contributed by atoms with E-state index >= 15 is 0 Å². The summed E-state index contributed by atoms with van der Waals surface area (Å²) in [7, 11) is 1.38. The zero-order chi connectivity index (χ0) is 31.3. The van der Waals surface area contributed by atoms with Gasteiger partial charge in [-0.15, -0.1) is 15.0 Å². The third-order valence-electron chi connectivity index (χ3n) is 8.27. The van der Waals surface area contributed by atoms with Gasteiger partial charge in [-0.25, -0.2) is 4.79 Å². The van der Waals surface area contributed by atoms with Gasteiger partial charge in [0.2, 0.25) is 5.82 Å². The van der Waals surface area contributed by atoms with Gasteiger partial charge in [-0.05, 0) is 68.4 Å². The topological polar surface area (TPSA) is 69.9 Å². The predicted molar refractivity (Wildman–Crippen MR) is 180 cm³/mol. The van der Waals surface area contributed by atoms with Crippen LogP contribution in [-0.4, -0.2) is 33.3 Å². The lowest BCUT2D eigenvalue weighted by Gasteiger charge is -2.34. The number of hydrogen-bond donors (Lipinski definition) is 0. The number of methoxy groups -OCH3 is 1. The molecule has 0 unspecified atom stereocenters. The van der Waals surface area contributed by atoms with Gasteiger partial charge in [0, 0.05) is 5.56 Å². The maximum absolute atomic E-state index is 12.2. The molecular weight excluding hydrogens is 568 g/mol. The molecule has 7 aromatic rings. The van der Waals surface area contributed by atoms with Crippen molar-refractivity contribution >= 4 is 5.97 Å². The average molecular weight is 599 g/mol. The average Bonchev–Trinajstić information content (AvgIpc) is 3.63. The maximum Gasteiger partial charge on any atom is 0.337 e. The second-order valence-corrected chi connectivity index (χ2v) is 10.9. The van der Waals surface area contributed by atoms with Crippen molar-refractivity contribution in [1.29, 1.82) is 0 Å². The zero-order valence-electron chi connectivity index (χ0n) is 25.2. The highest BCUT2D eigenvalue weighted by molar-refractivity contribution is 5.91. The molecule has 0 radical (unpaired) electrons. The Labute approximate surface area is 267 Å². The van der Waals surface area contributed by atoms with Crippen LogP contribution in [0.4, 0.5) is 0 Å². The number of carbonyl (C=O) groups excluding carboxylic acids is 1. The number of ether oxygens (including phenoxy) is 1. The quantitative estimate of drug-likeness (QED) is 0.130. The number of hydrogen-bond acceptors (Lipinski definition) is 5. The molecule has 0 bridgehead atoms. The van der Waals surface area contributed by atoms with Crippen LogP contribution in [0.25, 0.3) is 33.6 Å². The molecular formula is C40H30N4O2. The Hall–Kier alpha value is -6.14. The van der Waals surface area contributed by atoms with E-state index in [4.69, 9.17) is 20.1 Å². The smallest absolute Gasteiger partial charge is 0.337 e. The molecule has 46 heavy (non-hydrogen) atoms. The number of benzene rings is 6. The summed E-state index contributed by atoms with van der Waals surface area (Å²) in [6.07, 6.45) is 0. The van der Waals surface area contributed by atoms with Crippen molar-refractivity contribution in [2.45, 2.75) is 5.54 Å². The normalized spacial score (nSPS) is 11.2. The largest absolute Gasteiger partial charge is 0.465 e. The summed E-state index contributed by atoms with van der Waals surface area (Å²) in [6.45, 7) is 0. The van der Waals surface area contributed by atoms with Crippen molar-refractivity contribution in [2.24, 2.45) is 0 Å². The minimum Gasteiger partial charge on any atom is -0.465 e. The minimum absolute atomic E-state index is 0.381. The lowest BCUT2D eigenvalue weighted by atomic mass is 9.77. The summed E-state index contributed by atoms with van der Waals surface area (Å²) in [5, 5.41) is 14.6. The van der Waals surface area contributed by atoms with Gasteiger partial charge in [-0.1, -0.05) is 140 Å². The van der Waals surface area contributed by atoms with E-state index in [1.54, 1.807) is 16.9 Å². The van der Waals surface area contributed by atoms with Crippen LogP contribution in [0.2, 0.25) is 0 Å². The zero-order valence-corrected chi connectivity index (χ0v) is 25.2. The van der Waals surface area contributed by atoms with Crippen molar-refractivity contribution in [2.75, 3.05) is 7.11 Å². The van der Waals surface area contributed by atoms with Gasteiger partial charge >= 0.3 is 5.97 Å². The molecule has 0 amide bonds. The number of tetrazole rings is 1. The third-order valence-corrected chi connectivity index (χ3v) is 8.27. The Bertz CT molecular complexity index is 1980. The fraction of sp³-hybridized carbons (Fsp3) is 0.0500. The highest BCUT2D eigenvalue weighted by Gasteiger charge is 2.41. The first kappa shape index (κ1) is 28.6. The van der Waals surface area contributed by atoms with E-state index in [2.05, 4.69) is 60.7 Å². The maximum atomic E-state index is 12.2. The van der Waals surface area contributed by atoms with E-state index < -0.39 is 5.54 Å². The molecule has 0 aliphatic rings. The first-order valence-corrected chi connectivity index (χ1v) is 15.0. The molecule has 0 spiro atoms. The minimum atomic E-state index is -0.888. The molecule has 0 saturated carbocycles. The molecule has 222 valence electrons. The molecule has 0 atom stereocenters. The number of nitrogens with zero attached hydrogens (tertiary/aromatic N) is 4. The van der Waals surface area contributed by atoms with Gasteiger partial charge in [0.25, 0.3) is 0 Å². The SMILES string of the molecule is COC(=O)c1ccc(-c2cc(-c3ccccc3)ccc2-c2nnn(C(c3ccccc3)(c3ccccc3)c3ccccc3)n2)cc1. The second kappa shape index (κ2) is 12.5. The molecule has 0 N–H and O–H groups in total. The Kier molecular flexibility index (Phi) is 7.75. The van der Waals surface area contributed by atoms with Gasteiger partial charge in [0.15, 0.2) is 5.54 Å². The van der Waals surface area contributed by atoms with Crippen molar-refractivity contribution in [3.05, 3.63) is 186 Å². The molecule has 6 nitrogen and oxygen atoms in total. The third kappa shape index (κ3) is 5.16. The van der Waals surface area contributed by atoms with E-state index in [1.165, 1.54) is 7.11 Å². The lowest BCUT2D eigenvalue weighted by Crippen LogP contribution is -2.39. The Morgan fingerprint density at radius 2 is 1.07 bits per heavy atom. The van der Waals surface area contributed by atoms with Gasteiger partial charge < -0.3 is 4.74 Å². The van der Waals surface area contributed by atoms with Crippen LogP contribution in [0.15, 0.2) is 164 Å². The van der Waals surface area contributed by atoms with E-state index in [0.717, 1.165) is 44.5 Å². The summed E-state index contributed by atoms with van der Waals surface area (Å²) in [5.74, 6) is 0.104. The highest BCUT2D eigenvalue weighted by atomic mass is 16.5. The van der Waals surface area contributed by atoms with Crippen LogP contribution < -0.4 is 0 Å². The summed E-state index contributed by atoms with van der Waals surface area (Å²) in [4.78, 5) is 13.9. The Morgan fingerprint density at radius 3 is 1.59 bits per heavy atom. The number of rotatable bonds is 8. The molecule has 1 aromatic heterocycles. The van der Waals surface area contributed by atoms with Crippen molar-refractivity contribution in [1.82, 2.24) is 20.2 Å². The molecule has 0 aliphatic carbocycles. The molecule has 1 heterocycles. The molecule has 7 rings (SSSR count). The van der Waals surface area contributed by atoms with Crippen molar-refractivity contribution in [3.8, 4) is 33.6 Å². The van der Waals surface area contributed by atoms with E-state index in [9.17, 15) is 4.79 Å². The number of aromatic nitrogens is 4. The highest BCUT2D eigenvalue weighted by Crippen LogP contribution is 2.41. The predicted octanol–water partition coefficient (Wildman–Crippen LogP) is 8.30. The fourth-order valence-corrected chi connectivity index (χ4v) is 6.04. The van der Waals surface area contributed by atoms with E-state index in [0.29, 0.717) is 11.4 Å². The first-order chi connectivity index (χ1) is 22.7. The van der Waals surface area contributed by atoms with E-state index in [1.807, 2.05) is 91.0 Å². The Balaban J connectivity index is 1.44. The first-order valence-electron chi connectivity index (χ1n) is 15.0. The standard InChI is InChI=1S/C40H30N4O2/c1-46-39(45)31-24-22-30(23-25-31)37-28-32(29-14-6-2-7-15-29)26-27-36(37)38-41-43-44(42-38)40(33-16-8-3-9-17-33,34-18-10-4-11-19-34)35-20-12-5-13-21-35/h2-28H,1H3. The van der Waals surface area contributed by atoms with Gasteiger partial charge in [0.05, 0.1) is 12.7 Å². The van der Waals surface area contributed by atoms with Crippen LogP contribution in [-0.2, 0) is 10.3 Å². The fourth-order valence-electron chi connectivity index (χ4n) is 6.04. The van der Waals surface area contributed by atoms with Gasteiger partial charge in [-0.2, -0.15) is 0 Å². The summed E-state index contributed by atoms with van der Waals surface area (Å²) in [6, 6.07) is 54.7. The van der Waals surface area contributed by atoms with Crippen LogP contribution in [0.3, 0.4) is 0 Å². The molecule has 6 heteroatoms. The summed E-state index contributed by atoms with van der Waals surface area (Å²) < 4.78 is 4.93. The molecule has 6 aromatic carbocycles. The van der Waals surface area contributed by atoms with E-state index in [-0.39, 0.29) is 5.97 Å². The van der Waals surface area contributed by atoms with Crippen LogP contribution in [0, 0.1) is 0 Å². The molecule has 0 saturated heterocycles. The lowest BCUT2D eigenvalue weighted by molar-refractivity contribution is 0.0600. The van der Waals surface area contributed by atoms with Gasteiger partial charge in [0.1, 0.15) is 0 Å². The number of carbonyl (C=O) groups is 1. The summed E-state index contributed by atoms with van der Waals surface area (Å²) >= 11 is 0. The van der Waals surface area contributed by atoms with Crippen molar-refractivity contribution in [3.63, 3.8) is 0 Å². The Morgan fingerprint density at radius 1 is 0.565 bits per heavy atom. The van der Waals surface area contributed by atoms with Crippen LogP contribution in [0.1, 0.15) is 27.0 Å².